The minimum atomic E-state index is 1.30. The third kappa shape index (κ3) is 1.81. The van der Waals surface area contributed by atoms with E-state index < -0.39 is 0 Å². The van der Waals surface area contributed by atoms with Crippen LogP contribution in [0.3, 0.4) is 0 Å². The van der Waals surface area contributed by atoms with Crippen molar-refractivity contribution < 1.29 is 0 Å². The molecule has 0 aliphatic rings. The van der Waals surface area contributed by atoms with Crippen LogP contribution in [0.25, 0.3) is 16.2 Å². The lowest BCUT2D eigenvalue weighted by Gasteiger charge is -1.95. The molecule has 0 aliphatic carbocycles. The predicted molar refractivity (Wildman–Crippen MR) is 61.2 cm³/mol. The van der Waals surface area contributed by atoms with Crippen molar-refractivity contribution in [3.63, 3.8) is 0 Å². The Labute approximate surface area is 82.5 Å². The highest BCUT2D eigenvalue weighted by Crippen LogP contribution is 2.22. The number of hydrogen-bond acceptors (Lipinski definition) is 1. The van der Waals surface area contributed by atoms with E-state index in [2.05, 4.69) is 49.6 Å². The second-order valence-electron chi connectivity index (χ2n) is 3.44. The summed E-state index contributed by atoms with van der Waals surface area (Å²) in [6.45, 7) is 4.25. The predicted octanol–water partition coefficient (Wildman–Crippen LogP) is 4.32. The van der Waals surface area contributed by atoms with Crippen LogP contribution >= 0.6 is 11.3 Å². The number of hydrogen-bond donors (Lipinski definition) is 0. The van der Waals surface area contributed by atoms with Crippen LogP contribution in [0.1, 0.15) is 19.4 Å². The normalized spacial score (nSPS) is 10.3. The molecule has 0 amide bonds. The first-order chi connectivity index (χ1) is 6.25. The molecule has 0 spiro atoms. The number of thiophene rings is 1. The van der Waals surface area contributed by atoms with Crippen molar-refractivity contribution in [2.45, 2.75) is 13.8 Å². The summed E-state index contributed by atoms with van der Waals surface area (Å²) in [6.07, 6.45) is 2.21. The Hall–Kier alpha value is -1.08. The Balaban J connectivity index is 2.54. The maximum atomic E-state index is 2.24. The fourth-order valence-corrected chi connectivity index (χ4v) is 2.23. The number of rotatable bonds is 1. The minimum absolute atomic E-state index is 1.30. The van der Waals surface area contributed by atoms with Gasteiger partial charge in [0, 0.05) is 4.70 Å². The maximum Gasteiger partial charge on any atom is 0.0348 e. The first-order valence-corrected chi connectivity index (χ1v) is 5.26. The van der Waals surface area contributed by atoms with Gasteiger partial charge in [-0.2, -0.15) is 0 Å². The van der Waals surface area contributed by atoms with Gasteiger partial charge in [0.1, 0.15) is 0 Å². The van der Waals surface area contributed by atoms with E-state index in [-0.39, 0.29) is 0 Å². The van der Waals surface area contributed by atoms with Gasteiger partial charge in [-0.05, 0) is 42.3 Å². The number of allylic oxidation sites excluding steroid dienone is 1. The third-order valence-corrected chi connectivity index (χ3v) is 2.82. The summed E-state index contributed by atoms with van der Waals surface area (Å²) in [5.74, 6) is 0. The Morgan fingerprint density at radius 2 is 2.08 bits per heavy atom. The highest BCUT2D eigenvalue weighted by molar-refractivity contribution is 7.17. The average molecular weight is 188 g/mol. The van der Waals surface area contributed by atoms with Gasteiger partial charge in [-0.25, -0.2) is 0 Å². The van der Waals surface area contributed by atoms with E-state index in [1.807, 2.05) is 0 Å². The fraction of sp³-hybridized carbons (Fsp3) is 0.167. The molecule has 0 saturated heterocycles. The van der Waals surface area contributed by atoms with Crippen molar-refractivity contribution in [1.82, 2.24) is 0 Å². The van der Waals surface area contributed by atoms with Crippen LogP contribution in [0.2, 0.25) is 0 Å². The van der Waals surface area contributed by atoms with Crippen molar-refractivity contribution >= 4 is 27.5 Å². The van der Waals surface area contributed by atoms with Gasteiger partial charge in [0.05, 0.1) is 0 Å². The summed E-state index contributed by atoms with van der Waals surface area (Å²) in [5.41, 5.74) is 2.64. The first-order valence-electron chi connectivity index (χ1n) is 4.38. The Morgan fingerprint density at radius 3 is 2.85 bits per heavy atom. The highest BCUT2D eigenvalue weighted by atomic mass is 32.1. The van der Waals surface area contributed by atoms with Crippen LogP contribution in [0.4, 0.5) is 0 Å². The van der Waals surface area contributed by atoms with Crippen LogP contribution in [-0.4, -0.2) is 0 Å². The summed E-state index contributed by atoms with van der Waals surface area (Å²) in [5, 5.41) is 3.48. The summed E-state index contributed by atoms with van der Waals surface area (Å²) in [4.78, 5) is 0. The molecule has 13 heavy (non-hydrogen) atoms. The Bertz CT molecular complexity index is 445. The molecule has 0 radical (unpaired) electrons. The van der Waals surface area contributed by atoms with Crippen LogP contribution in [0.5, 0.6) is 0 Å². The highest BCUT2D eigenvalue weighted by Gasteiger charge is 1.94. The zero-order valence-electron chi connectivity index (χ0n) is 7.87. The Morgan fingerprint density at radius 1 is 1.23 bits per heavy atom. The van der Waals surface area contributed by atoms with Gasteiger partial charge in [0.15, 0.2) is 0 Å². The molecule has 0 bridgehead atoms. The van der Waals surface area contributed by atoms with Gasteiger partial charge >= 0.3 is 0 Å². The lowest BCUT2D eigenvalue weighted by atomic mass is 10.1. The van der Waals surface area contributed by atoms with Crippen molar-refractivity contribution in [1.29, 1.82) is 0 Å². The average Bonchev–Trinajstić information content (AvgIpc) is 2.49. The van der Waals surface area contributed by atoms with E-state index in [1.54, 1.807) is 11.3 Å². The summed E-state index contributed by atoms with van der Waals surface area (Å²) in [7, 11) is 0. The van der Waals surface area contributed by atoms with Crippen molar-refractivity contribution in [2.24, 2.45) is 0 Å². The van der Waals surface area contributed by atoms with Gasteiger partial charge in [0.25, 0.3) is 0 Å². The standard InChI is InChI=1S/C12H12S/c1-9(2)7-10-3-4-11-5-6-13-12(11)8-10/h3-8H,1-2H3. The third-order valence-electron chi connectivity index (χ3n) is 1.94. The van der Waals surface area contributed by atoms with E-state index in [4.69, 9.17) is 0 Å². The molecular formula is C12H12S. The van der Waals surface area contributed by atoms with Gasteiger partial charge < -0.3 is 0 Å². The molecule has 0 saturated carbocycles. The molecule has 1 aromatic heterocycles. The molecule has 1 heteroatoms. The molecule has 0 aliphatic heterocycles. The molecule has 66 valence electrons. The van der Waals surface area contributed by atoms with Gasteiger partial charge in [-0.15, -0.1) is 11.3 Å². The number of benzene rings is 1. The quantitative estimate of drug-likeness (QED) is 0.625. The zero-order chi connectivity index (χ0) is 9.26. The van der Waals surface area contributed by atoms with Gasteiger partial charge in [-0.1, -0.05) is 23.8 Å². The maximum absolute atomic E-state index is 2.24. The second-order valence-corrected chi connectivity index (χ2v) is 4.39. The van der Waals surface area contributed by atoms with Crippen molar-refractivity contribution in [3.8, 4) is 0 Å². The SMILES string of the molecule is CC(C)=Cc1ccc2ccsc2c1. The Kier molecular flexibility index (Phi) is 2.19. The van der Waals surface area contributed by atoms with Crippen LogP contribution in [0, 0.1) is 0 Å². The summed E-state index contributed by atoms with van der Waals surface area (Å²) < 4.78 is 1.37. The zero-order valence-corrected chi connectivity index (χ0v) is 8.69. The van der Waals surface area contributed by atoms with E-state index >= 15 is 0 Å². The van der Waals surface area contributed by atoms with Gasteiger partial charge in [0.2, 0.25) is 0 Å². The van der Waals surface area contributed by atoms with E-state index in [1.165, 1.54) is 21.2 Å². The topological polar surface area (TPSA) is 0 Å². The molecule has 0 nitrogen and oxygen atoms in total. The molecule has 0 fully saturated rings. The lowest BCUT2D eigenvalue weighted by Crippen LogP contribution is -1.71. The molecular weight excluding hydrogens is 176 g/mol. The van der Waals surface area contributed by atoms with Crippen molar-refractivity contribution in [2.75, 3.05) is 0 Å². The van der Waals surface area contributed by atoms with Crippen molar-refractivity contribution in [3.05, 3.63) is 40.8 Å². The fourth-order valence-electron chi connectivity index (χ4n) is 1.39. The number of fused-ring (bicyclic) bond motifs is 1. The van der Waals surface area contributed by atoms with E-state index in [9.17, 15) is 0 Å². The summed E-state index contributed by atoms with van der Waals surface area (Å²) >= 11 is 1.80. The first kappa shape index (κ1) is 8.52. The molecule has 1 heterocycles. The minimum Gasteiger partial charge on any atom is -0.144 e. The van der Waals surface area contributed by atoms with Crippen LogP contribution in [0.15, 0.2) is 35.2 Å². The molecule has 2 aromatic rings. The summed E-state index contributed by atoms with van der Waals surface area (Å²) in [6, 6.07) is 8.75. The molecule has 1 aromatic carbocycles. The van der Waals surface area contributed by atoms with Gasteiger partial charge in [-0.3, -0.25) is 0 Å². The van der Waals surface area contributed by atoms with E-state index in [0.717, 1.165) is 0 Å². The molecule has 0 N–H and O–H groups in total. The molecule has 2 rings (SSSR count). The van der Waals surface area contributed by atoms with Crippen LogP contribution < -0.4 is 0 Å². The monoisotopic (exact) mass is 188 g/mol. The van der Waals surface area contributed by atoms with Crippen LogP contribution in [-0.2, 0) is 0 Å². The molecule has 0 unspecified atom stereocenters. The lowest BCUT2D eigenvalue weighted by molar-refractivity contribution is 1.42. The largest absolute Gasteiger partial charge is 0.144 e. The second kappa shape index (κ2) is 3.35. The molecule has 0 atom stereocenters. The van der Waals surface area contributed by atoms with E-state index in [0.29, 0.717) is 0 Å². The smallest absolute Gasteiger partial charge is 0.0348 e.